The molecule has 1 heterocycles. The summed E-state index contributed by atoms with van der Waals surface area (Å²) in [5.41, 5.74) is 1.01. The standard InChI is InChI=1S/C11H8ClN3O2/c12-8-4-2-1-3-7(8)5-6-9-10(11(16)17)14-15-13-9/h1-6H,(H,16,17)(H,13,14,15). The number of hydrogen-bond donors (Lipinski definition) is 2. The van der Waals surface area contributed by atoms with Crippen molar-refractivity contribution >= 4 is 29.7 Å². The number of rotatable bonds is 3. The smallest absolute Gasteiger partial charge is 0.358 e. The van der Waals surface area contributed by atoms with Crippen LogP contribution in [0.25, 0.3) is 12.2 Å². The first-order valence-electron chi connectivity index (χ1n) is 4.75. The van der Waals surface area contributed by atoms with Crippen LogP contribution in [0.2, 0.25) is 5.02 Å². The molecule has 0 aliphatic carbocycles. The SMILES string of the molecule is O=C(O)c1nn[nH]c1C=Cc1ccccc1Cl. The van der Waals surface area contributed by atoms with Crippen LogP contribution in [0.15, 0.2) is 24.3 Å². The fourth-order valence-electron chi connectivity index (χ4n) is 1.29. The lowest BCUT2D eigenvalue weighted by atomic mass is 10.2. The number of hydrogen-bond acceptors (Lipinski definition) is 3. The number of carboxylic acid groups (broad SMARTS) is 1. The van der Waals surface area contributed by atoms with Crippen LogP contribution in [0.1, 0.15) is 21.7 Å². The lowest BCUT2D eigenvalue weighted by molar-refractivity contribution is 0.0690. The van der Waals surface area contributed by atoms with Gasteiger partial charge < -0.3 is 5.11 Å². The summed E-state index contributed by atoms with van der Waals surface area (Å²) in [4.78, 5) is 10.8. The van der Waals surface area contributed by atoms with Crippen molar-refractivity contribution in [2.24, 2.45) is 0 Å². The van der Waals surface area contributed by atoms with Crippen LogP contribution < -0.4 is 0 Å². The highest BCUT2D eigenvalue weighted by molar-refractivity contribution is 6.32. The van der Waals surface area contributed by atoms with Gasteiger partial charge in [-0.2, -0.15) is 0 Å². The summed E-state index contributed by atoms with van der Waals surface area (Å²) >= 11 is 5.96. The molecule has 0 saturated heterocycles. The molecule has 1 aromatic heterocycles. The number of aromatic amines is 1. The molecule has 0 amide bonds. The van der Waals surface area contributed by atoms with Crippen molar-refractivity contribution in [3.8, 4) is 0 Å². The van der Waals surface area contributed by atoms with Gasteiger partial charge in [0.05, 0.1) is 5.69 Å². The summed E-state index contributed by atoms with van der Waals surface area (Å²) in [6.45, 7) is 0. The first kappa shape index (κ1) is 11.3. The summed E-state index contributed by atoms with van der Waals surface area (Å²) in [5, 5.41) is 18.8. The van der Waals surface area contributed by atoms with E-state index in [-0.39, 0.29) is 5.69 Å². The Balaban J connectivity index is 2.30. The van der Waals surface area contributed by atoms with Gasteiger partial charge in [-0.3, -0.25) is 5.10 Å². The van der Waals surface area contributed by atoms with Crippen molar-refractivity contribution < 1.29 is 9.90 Å². The van der Waals surface area contributed by atoms with Crippen LogP contribution in [-0.4, -0.2) is 26.5 Å². The number of H-pyrrole nitrogens is 1. The Labute approximate surface area is 102 Å². The van der Waals surface area contributed by atoms with Crippen LogP contribution in [0.5, 0.6) is 0 Å². The summed E-state index contributed by atoms with van der Waals surface area (Å²) in [6.07, 6.45) is 3.27. The van der Waals surface area contributed by atoms with Crippen LogP contribution >= 0.6 is 11.6 Å². The summed E-state index contributed by atoms with van der Waals surface area (Å²) < 4.78 is 0. The average Bonchev–Trinajstić information content (AvgIpc) is 2.76. The minimum Gasteiger partial charge on any atom is -0.476 e. The molecule has 0 aliphatic rings. The molecule has 17 heavy (non-hydrogen) atoms. The Kier molecular flexibility index (Phi) is 3.20. The van der Waals surface area contributed by atoms with Gasteiger partial charge in [-0.1, -0.05) is 41.1 Å². The molecule has 0 unspecified atom stereocenters. The summed E-state index contributed by atoms with van der Waals surface area (Å²) in [7, 11) is 0. The lowest BCUT2D eigenvalue weighted by Gasteiger charge is -1.95. The van der Waals surface area contributed by atoms with E-state index in [0.29, 0.717) is 10.7 Å². The van der Waals surface area contributed by atoms with Gasteiger partial charge >= 0.3 is 5.97 Å². The zero-order valence-electron chi connectivity index (χ0n) is 8.59. The third kappa shape index (κ3) is 2.51. The van der Waals surface area contributed by atoms with E-state index in [4.69, 9.17) is 16.7 Å². The molecular formula is C11H8ClN3O2. The predicted molar refractivity (Wildman–Crippen MR) is 63.7 cm³/mol. The van der Waals surface area contributed by atoms with E-state index < -0.39 is 5.97 Å². The van der Waals surface area contributed by atoms with E-state index in [1.807, 2.05) is 18.2 Å². The van der Waals surface area contributed by atoms with Crippen LogP contribution in [0.4, 0.5) is 0 Å². The maximum absolute atomic E-state index is 10.8. The molecule has 0 aliphatic heterocycles. The minimum absolute atomic E-state index is 0.117. The van der Waals surface area contributed by atoms with Gasteiger partial charge in [-0.05, 0) is 17.7 Å². The molecule has 2 rings (SSSR count). The normalized spacial score (nSPS) is 10.9. The predicted octanol–water partition coefficient (Wildman–Crippen LogP) is 2.33. The van der Waals surface area contributed by atoms with Crippen LogP contribution in [-0.2, 0) is 0 Å². The molecule has 0 radical (unpaired) electrons. The van der Waals surface area contributed by atoms with Crippen molar-refractivity contribution in [3.05, 3.63) is 46.2 Å². The van der Waals surface area contributed by atoms with Crippen molar-refractivity contribution in [2.75, 3.05) is 0 Å². The minimum atomic E-state index is -1.13. The van der Waals surface area contributed by atoms with Gasteiger partial charge in [0.25, 0.3) is 0 Å². The number of nitrogens with zero attached hydrogens (tertiary/aromatic N) is 2. The Bertz CT molecular complexity index is 578. The monoisotopic (exact) mass is 249 g/mol. The van der Waals surface area contributed by atoms with Crippen molar-refractivity contribution in [1.29, 1.82) is 0 Å². The molecular weight excluding hydrogens is 242 g/mol. The number of aromatic nitrogens is 3. The van der Waals surface area contributed by atoms with E-state index in [1.54, 1.807) is 18.2 Å². The van der Waals surface area contributed by atoms with Crippen LogP contribution in [0, 0.1) is 0 Å². The van der Waals surface area contributed by atoms with Gasteiger partial charge in [0.1, 0.15) is 0 Å². The maximum atomic E-state index is 10.8. The number of benzene rings is 1. The molecule has 1 aromatic carbocycles. The largest absolute Gasteiger partial charge is 0.476 e. The quantitative estimate of drug-likeness (QED) is 0.875. The third-order valence-corrected chi connectivity index (χ3v) is 2.46. The highest BCUT2D eigenvalue weighted by atomic mass is 35.5. The molecule has 2 N–H and O–H groups in total. The molecule has 86 valence electrons. The molecule has 0 spiro atoms. The molecule has 2 aromatic rings. The van der Waals surface area contributed by atoms with Crippen molar-refractivity contribution in [1.82, 2.24) is 15.4 Å². The zero-order valence-corrected chi connectivity index (χ0v) is 9.35. The van der Waals surface area contributed by atoms with E-state index in [0.717, 1.165) is 5.56 Å². The van der Waals surface area contributed by atoms with Gasteiger partial charge in [0.2, 0.25) is 0 Å². The molecule has 0 saturated carbocycles. The number of carboxylic acids is 1. The summed E-state index contributed by atoms with van der Waals surface area (Å²) in [6, 6.07) is 7.24. The van der Waals surface area contributed by atoms with E-state index in [2.05, 4.69) is 15.4 Å². The Morgan fingerprint density at radius 1 is 1.35 bits per heavy atom. The van der Waals surface area contributed by atoms with Crippen molar-refractivity contribution in [2.45, 2.75) is 0 Å². The Hall–Kier alpha value is -2.14. The second-order valence-electron chi connectivity index (χ2n) is 3.23. The average molecular weight is 250 g/mol. The highest BCUT2D eigenvalue weighted by Gasteiger charge is 2.11. The Morgan fingerprint density at radius 3 is 2.82 bits per heavy atom. The summed E-state index contributed by atoms with van der Waals surface area (Å²) in [5.74, 6) is -1.13. The fraction of sp³-hybridized carbons (Fsp3) is 0. The number of halogens is 1. The molecule has 0 atom stereocenters. The van der Waals surface area contributed by atoms with Gasteiger partial charge in [0.15, 0.2) is 5.69 Å². The first-order chi connectivity index (χ1) is 8.18. The number of aromatic carboxylic acids is 1. The molecule has 0 fully saturated rings. The molecule has 5 nitrogen and oxygen atoms in total. The first-order valence-corrected chi connectivity index (χ1v) is 5.13. The topological polar surface area (TPSA) is 78.9 Å². The second-order valence-corrected chi connectivity index (χ2v) is 3.64. The van der Waals surface area contributed by atoms with Crippen LogP contribution in [0.3, 0.4) is 0 Å². The van der Waals surface area contributed by atoms with Gasteiger partial charge in [-0.25, -0.2) is 4.79 Å². The van der Waals surface area contributed by atoms with Gasteiger partial charge in [-0.15, -0.1) is 5.10 Å². The second kappa shape index (κ2) is 4.80. The highest BCUT2D eigenvalue weighted by Crippen LogP contribution is 2.17. The zero-order chi connectivity index (χ0) is 12.3. The fourth-order valence-corrected chi connectivity index (χ4v) is 1.49. The van der Waals surface area contributed by atoms with E-state index >= 15 is 0 Å². The van der Waals surface area contributed by atoms with Gasteiger partial charge in [0, 0.05) is 5.02 Å². The maximum Gasteiger partial charge on any atom is 0.358 e. The lowest BCUT2D eigenvalue weighted by Crippen LogP contribution is -1.98. The number of carbonyl (C=O) groups is 1. The third-order valence-electron chi connectivity index (χ3n) is 2.11. The number of nitrogens with one attached hydrogen (secondary N) is 1. The Morgan fingerprint density at radius 2 is 2.12 bits per heavy atom. The molecule has 0 bridgehead atoms. The van der Waals surface area contributed by atoms with E-state index in [9.17, 15) is 4.79 Å². The van der Waals surface area contributed by atoms with Crippen molar-refractivity contribution in [3.63, 3.8) is 0 Å². The van der Waals surface area contributed by atoms with E-state index in [1.165, 1.54) is 0 Å². The molecule has 6 heteroatoms.